The summed E-state index contributed by atoms with van der Waals surface area (Å²) in [7, 11) is 0. The normalized spacial score (nSPS) is 12.6. The van der Waals surface area contributed by atoms with Gasteiger partial charge in [-0.2, -0.15) is 0 Å². The summed E-state index contributed by atoms with van der Waals surface area (Å²) in [5.74, 6) is 2.13. The van der Waals surface area contributed by atoms with E-state index in [0.29, 0.717) is 19.1 Å². The summed E-state index contributed by atoms with van der Waals surface area (Å²) >= 11 is 0. The van der Waals surface area contributed by atoms with Crippen LogP contribution in [0.4, 0.5) is 0 Å². The van der Waals surface area contributed by atoms with Crippen LogP contribution < -0.4 is 9.47 Å². The SMILES string of the molecule is CCC(C)CC(C)(c1ccc(OCCO)cc1)c1ccc(OCCO)cc1. The molecule has 1 unspecified atom stereocenters. The number of rotatable bonds is 11. The highest BCUT2D eigenvalue weighted by Gasteiger charge is 2.30. The van der Waals surface area contributed by atoms with Crippen LogP contribution in [0.2, 0.25) is 0 Å². The van der Waals surface area contributed by atoms with Crippen LogP contribution in [0, 0.1) is 5.92 Å². The highest BCUT2D eigenvalue weighted by Crippen LogP contribution is 2.39. The molecule has 0 saturated carbocycles. The summed E-state index contributed by atoms with van der Waals surface area (Å²) in [6.07, 6.45) is 2.17. The minimum Gasteiger partial charge on any atom is -0.491 e. The Bertz CT molecular complexity index is 612. The Morgan fingerprint density at radius 3 is 1.56 bits per heavy atom. The van der Waals surface area contributed by atoms with Crippen molar-refractivity contribution in [3.05, 3.63) is 59.7 Å². The van der Waals surface area contributed by atoms with Gasteiger partial charge in [-0.25, -0.2) is 0 Å². The number of hydrogen-bond acceptors (Lipinski definition) is 4. The van der Waals surface area contributed by atoms with Crippen molar-refractivity contribution in [3.63, 3.8) is 0 Å². The number of aliphatic hydroxyl groups is 2. The topological polar surface area (TPSA) is 58.9 Å². The van der Waals surface area contributed by atoms with E-state index in [9.17, 15) is 0 Å². The molecule has 0 aliphatic carbocycles. The van der Waals surface area contributed by atoms with E-state index in [0.717, 1.165) is 24.3 Å². The quantitative estimate of drug-likeness (QED) is 0.621. The molecule has 0 spiro atoms. The Kier molecular flexibility index (Phi) is 8.14. The predicted octanol–water partition coefficient (Wildman–Crippen LogP) is 4.17. The van der Waals surface area contributed by atoms with E-state index in [1.54, 1.807) is 0 Å². The fourth-order valence-electron chi connectivity index (χ4n) is 3.41. The van der Waals surface area contributed by atoms with Gasteiger partial charge in [0.25, 0.3) is 0 Å². The third kappa shape index (κ3) is 5.72. The van der Waals surface area contributed by atoms with Gasteiger partial charge in [0.15, 0.2) is 0 Å². The standard InChI is InChI=1S/C23H32O4/c1-4-18(2)17-23(3,19-5-9-21(10-6-19)26-15-13-24)20-7-11-22(12-8-20)27-16-14-25/h5-12,18,24-25H,4,13-17H2,1-3H3. The fourth-order valence-corrected chi connectivity index (χ4v) is 3.41. The van der Waals surface area contributed by atoms with Crippen molar-refractivity contribution in [1.82, 2.24) is 0 Å². The summed E-state index contributed by atoms with van der Waals surface area (Å²) in [5.41, 5.74) is 2.35. The van der Waals surface area contributed by atoms with Crippen LogP contribution in [-0.2, 0) is 5.41 Å². The molecule has 148 valence electrons. The molecule has 0 radical (unpaired) electrons. The molecule has 2 aromatic carbocycles. The van der Waals surface area contributed by atoms with Crippen molar-refractivity contribution < 1.29 is 19.7 Å². The monoisotopic (exact) mass is 372 g/mol. The van der Waals surface area contributed by atoms with Gasteiger partial charge in [-0.15, -0.1) is 0 Å². The van der Waals surface area contributed by atoms with Crippen molar-refractivity contribution in [1.29, 1.82) is 0 Å². The van der Waals surface area contributed by atoms with Crippen LogP contribution in [0.15, 0.2) is 48.5 Å². The molecule has 2 rings (SSSR count). The smallest absolute Gasteiger partial charge is 0.119 e. The maximum Gasteiger partial charge on any atom is 0.119 e. The Labute approximate surface area is 162 Å². The van der Waals surface area contributed by atoms with Gasteiger partial charge in [0.2, 0.25) is 0 Å². The first kappa shape index (κ1) is 21.3. The van der Waals surface area contributed by atoms with Crippen molar-refractivity contribution >= 4 is 0 Å². The molecule has 4 heteroatoms. The van der Waals surface area contributed by atoms with Crippen LogP contribution in [0.5, 0.6) is 11.5 Å². The lowest BCUT2D eigenvalue weighted by molar-refractivity contribution is 0.201. The Hall–Kier alpha value is -2.04. The van der Waals surface area contributed by atoms with E-state index in [1.165, 1.54) is 11.1 Å². The first-order valence-corrected chi connectivity index (χ1v) is 9.72. The number of benzene rings is 2. The molecule has 4 nitrogen and oxygen atoms in total. The van der Waals surface area contributed by atoms with E-state index >= 15 is 0 Å². The Morgan fingerprint density at radius 2 is 1.22 bits per heavy atom. The lowest BCUT2D eigenvalue weighted by Gasteiger charge is -2.34. The van der Waals surface area contributed by atoms with E-state index in [4.69, 9.17) is 19.7 Å². The average Bonchev–Trinajstić information content (AvgIpc) is 2.71. The number of aliphatic hydroxyl groups excluding tert-OH is 2. The minimum atomic E-state index is -0.125. The van der Waals surface area contributed by atoms with Crippen molar-refractivity contribution in [2.75, 3.05) is 26.4 Å². The highest BCUT2D eigenvalue weighted by molar-refractivity contribution is 5.42. The second-order valence-corrected chi connectivity index (χ2v) is 7.24. The van der Waals surface area contributed by atoms with Gasteiger partial charge < -0.3 is 19.7 Å². The maximum atomic E-state index is 8.91. The molecule has 1 atom stereocenters. The molecule has 0 fully saturated rings. The van der Waals surface area contributed by atoms with Gasteiger partial charge in [0.05, 0.1) is 13.2 Å². The summed E-state index contributed by atoms with van der Waals surface area (Å²) < 4.78 is 11.0. The molecule has 0 heterocycles. The molecule has 0 amide bonds. The van der Waals surface area contributed by atoms with Gasteiger partial charge in [0, 0.05) is 5.41 Å². The molecule has 2 N–H and O–H groups in total. The average molecular weight is 373 g/mol. The van der Waals surface area contributed by atoms with Gasteiger partial charge in [-0.05, 0) is 47.7 Å². The predicted molar refractivity (Wildman–Crippen MR) is 109 cm³/mol. The van der Waals surface area contributed by atoms with Crippen LogP contribution in [-0.4, -0.2) is 36.6 Å². The van der Waals surface area contributed by atoms with Gasteiger partial charge in [0.1, 0.15) is 24.7 Å². The third-order valence-corrected chi connectivity index (χ3v) is 5.16. The third-order valence-electron chi connectivity index (χ3n) is 5.16. The zero-order valence-corrected chi connectivity index (χ0v) is 16.6. The van der Waals surface area contributed by atoms with Crippen molar-refractivity contribution in [2.24, 2.45) is 5.92 Å². The first-order valence-electron chi connectivity index (χ1n) is 9.72. The van der Waals surface area contributed by atoms with E-state index in [1.807, 2.05) is 24.3 Å². The van der Waals surface area contributed by atoms with E-state index < -0.39 is 0 Å². The van der Waals surface area contributed by atoms with E-state index in [2.05, 4.69) is 45.0 Å². The molecule has 2 aromatic rings. The lowest BCUT2D eigenvalue weighted by Crippen LogP contribution is -2.26. The molecule has 0 aromatic heterocycles. The Morgan fingerprint density at radius 1 is 0.815 bits per heavy atom. The minimum absolute atomic E-state index is 0.0121. The van der Waals surface area contributed by atoms with Crippen LogP contribution in [0.1, 0.15) is 44.7 Å². The first-order chi connectivity index (χ1) is 13.0. The fraction of sp³-hybridized carbons (Fsp3) is 0.478. The van der Waals surface area contributed by atoms with Gasteiger partial charge >= 0.3 is 0 Å². The van der Waals surface area contributed by atoms with Crippen LogP contribution in [0.25, 0.3) is 0 Å². The Balaban J connectivity index is 2.31. The molecule has 27 heavy (non-hydrogen) atoms. The summed E-state index contributed by atoms with van der Waals surface area (Å²) in [5, 5.41) is 17.8. The summed E-state index contributed by atoms with van der Waals surface area (Å²) in [6, 6.07) is 16.3. The number of hydrogen-bond donors (Lipinski definition) is 2. The molecule has 0 bridgehead atoms. The molecular formula is C23H32O4. The maximum absolute atomic E-state index is 8.91. The highest BCUT2D eigenvalue weighted by atomic mass is 16.5. The number of ether oxygens (including phenoxy) is 2. The lowest BCUT2D eigenvalue weighted by atomic mass is 9.70. The van der Waals surface area contributed by atoms with E-state index in [-0.39, 0.29) is 18.6 Å². The zero-order chi connectivity index (χ0) is 19.7. The van der Waals surface area contributed by atoms with Crippen molar-refractivity contribution in [2.45, 2.75) is 39.0 Å². The molecule has 0 aliphatic heterocycles. The van der Waals surface area contributed by atoms with Crippen LogP contribution >= 0.6 is 0 Å². The molecule has 0 aliphatic rings. The second-order valence-electron chi connectivity index (χ2n) is 7.24. The van der Waals surface area contributed by atoms with Crippen LogP contribution in [0.3, 0.4) is 0 Å². The molecule has 0 saturated heterocycles. The molecular weight excluding hydrogens is 340 g/mol. The summed E-state index contributed by atoms with van der Waals surface area (Å²) in [6.45, 7) is 7.43. The zero-order valence-electron chi connectivity index (χ0n) is 16.6. The van der Waals surface area contributed by atoms with Gasteiger partial charge in [-0.1, -0.05) is 51.5 Å². The largest absolute Gasteiger partial charge is 0.491 e. The van der Waals surface area contributed by atoms with Crippen molar-refractivity contribution in [3.8, 4) is 11.5 Å². The summed E-state index contributed by atoms with van der Waals surface area (Å²) in [4.78, 5) is 0. The van der Waals surface area contributed by atoms with Gasteiger partial charge in [-0.3, -0.25) is 0 Å². The second kappa shape index (κ2) is 10.3.